The molecule has 14 heavy (non-hydrogen) atoms. The van der Waals surface area contributed by atoms with Gasteiger partial charge in [0.2, 0.25) is 0 Å². The first-order chi connectivity index (χ1) is 6.74. The second-order valence-electron chi connectivity index (χ2n) is 4.43. The van der Waals surface area contributed by atoms with Crippen molar-refractivity contribution in [3.05, 3.63) is 0 Å². The molecule has 0 amide bonds. The SMILES string of the molecule is COCCCCN1CCC(N)C(C)C1. The van der Waals surface area contributed by atoms with Crippen LogP contribution < -0.4 is 5.73 Å². The van der Waals surface area contributed by atoms with Crippen molar-refractivity contribution < 1.29 is 4.74 Å². The highest BCUT2D eigenvalue weighted by atomic mass is 16.5. The fraction of sp³-hybridized carbons (Fsp3) is 1.00. The number of nitrogens with two attached hydrogens (primary N) is 1. The van der Waals surface area contributed by atoms with E-state index in [0.717, 1.165) is 13.0 Å². The van der Waals surface area contributed by atoms with Gasteiger partial charge < -0.3 is 15.4 Å². The summed E-state index contributed by atoms with van der Waals surface area (Å²) in [4.78, 5) is 2.53. The third-order valence-electron chi connectivity index (χ3n) is 3.13. The van der Waals surface area contributed by atoms with Crippen LogP contribution in [0.25, 0.3) is 0 Å². The number of methoxy groups -OCH3 is 1. The number of likely N-dealkylation sites (tertiary alicyclic amines) is 1. The molecule has 0 aromatic heterocycles. The number of nitrogens with zero attached hydrogens (tertiary/aromatic N) is 1. The average Bonchev–Trinajstić information content (AvgIpc) is 2.18. The van der Waals surface area contributed by atoms with Gasteiger partial charge in [-0.15, -0.1) is 0 Å². The van der Waals surface area contributed by atoms with Gasteiger partial charge in [-0.2, -0.15) is 0 Å². The molecule has 3 heteroatoms. The van der Waals surface area contributed by atoms with Crippen LogP contribution >= 0.6 is 0 Å². The van der Waals surface area contributed by atoms with Crippen molar-refractivity contribution in [2.75, 3.05) is 33.4 Å². The van der Waals surface area contributed by atoms with Crippen molar-refractivity contribution in [1.82, 2.24) is 4.90 Å². The van der Waals surface area contributed by atoms with E-state index in [1.807, 2.05) is 0 Å². The van der Waals surface area contributed by atoms with Gasteiger partial charge >= 0.3 is 0 Å². The van der Waals surface area contributed by atoms with E-state index in [1.165, 1.54) is 32.5 Å². The van der Waals surface area contributed by atoms with Crippen LogP contribution in [0.4, 0.5) is 0 Å². The van der Waals surface area contributed by atoms with E-state index >= 15 is 0 Å². The van der Waals surface area contributed by atoms with Gasteiger partial charge in [-0.3, -0.25) is 0 Å². The molecule has 2 N–H and O–H groups in total. The van der Waals surface area contributed by atoms with Crippen LogP contribution in [-0.4, -0.2) is 44.3 Å². The minimum absolute atomic E-state index is 0.422. The molecular formula is C11H24N2O. The summed E-state index contributed by atoms with van der Waals surface area (Å²) in [6.07, 6.45) is 3.58. The minimum atomic E-state index is 0.422. The third kappa shape index (κ3) is 3.95. The molecule has 1 fully saturated rings. The maximum atomic E-state index is 5.97. The zero-order chi connectivity index (χ0) is 10.4. The minimum Gasteiger partial charge on any atom is -0.385 e. The molecule has 84 valence electrons. The van der Waals surface area contributed by atoms with E-state index in [4.69, 9.17) is 10.5 Å². The predicted molar refractivity (Wildman–Crippen MR) is 59.3 cm³/mol. The number of hydrogen-bond donors (Lipinski definition) is 1. The molecule has 0 bridgehead atoms. The Kier molecular flexibility index (Phi) is 5.45. The molecule has 1 aliphatic rings. The van der Waals surface area contributed by atoms with Crippen molar-refractivity contribution in [2.24, 2.45) is 11.7 Å². The molecule has 1 rings (SSSR count). The van der Waals surface area contributed by atoms with Gasteiger partial charge in [0.15, 0.2) is 0 Å². The van der Waals surface area contributed by atoms with Crippen molar-refractivity contribution in [1.29, 1.82) is 0 Å². The lowest BCUT2D eigenvalue weighted by Crippen LogP contribution is -2.46. The highest BCUT2D eigenvalue weighted by Crippen LogP contribution is 2.15. The molecular weight excluding hydrogens is 176 g/mol. The molecule has 1 heterocycles. The molecule has 1 aliphatic heterocycles. The molecule has 0 spiro atoms. The smallest absolute Gasteiger partial charge is 0.0462 e. The van der Waals surface area contributed by atoms with Crippen molar-refractivity contribution >= 4 is 0 Å². The van der Waals surface area contributed by atoms with E-state index in [9.17, 15) is 0 Å². The molecule has 2 unspecified atom stereocenters. The summed E-state index contributed by atoms with van der Waals surface area (Å²) in [7, 11) is 1.77. The zero-order valence-corrected chi connectivity index (χ0v) is 9.54. The van der Waals surface area contributed by atoms with Crippen LogP contribution in [0.3, 0.4) is 0 Å². The van der Waals surface area contributed by atoms with E-state index in [-0.39, 0.29) is 0 Å². The fourth-order valence-electron chi connectivity index (χ4n) is 2.04. The summed E-state index contributed by atoms with van der Waals surface area (Å²) >= 11 is 0. The first-order valence-electron chi connectivity index (χ1n) is 5.71. The quantitative estimate of drug-likeness (QED) is 0.675. The van der Waals surface area contributed by atoms with Gasteiger partial charge in [-0.25, -0.2) is 0 Å². The summed E-state index contributed by atoms with van der Waals surface area (Å²) < 4.78 is 5.03. The predicted octanol–water partition coefficient (Wildman–Crippen LogP) is 1.08. The Morgan fingerprint density at radius 3 is 2.86 bits per heavy atom. The summed E-state index contributed by atoms with van der Waals surface area (Å²) in [6.45, 7) is 6.71. The molecule has 0 aliphatic carbocycles. The lowest BCUT2D eigenvalue weighted by molar-refractivity contribution is 0.150. The second kappa shape index (κ2) is 6.38. The van der Waals surface area contributed by atoms with Gasteiger partial charge in [0.1, 0.15) is 0 Å². The summed E-state index contributed by atoms with van der Waals surface area (Å²) in [5, 5.41) is 0. The van der Waals surface area contributed by atoms with E-state index in [0.29, 0.717) is 12.0 Å². The largest absolute Gasteiger partial charge is 0.385 e. The number of ether oxygens (including phenoxy) is 1. The standard InChI is InChI=1S/C11H24N2O/c1-10-9-13(7-5-11(10)12)6-3-4-8-14-2/h10-11H,3-9,12H2,1-2H3. The maximum Gasteiger partial charge on any atom is 0.0462 e. The number of unbranched alkanes of at least 4 members (excludes halogenated alkanes) is 1. The van der Waals surface area contributed by atoms with Gasteiger partial charge in [0, 0.05) is 26.3 Å². The van der Waals surface area contributed by atoms with Crippen LogP contribution in [0.5, 0.6) is 0 Å². The van der Waals surface area contributed by atoms with Crippen molar-refractivity contribution in [2.45, 2.75) is 32.2 Å². The second-order valence-corrected chi connectivity index (χ2v) is 4.43. The molecule has 0 aromatic rings. The fourth-order valence-corrected chi connectivity index (χ4v) is 2.04. The number of rotatable bonds is 5. The average molecular weight is 200 g/mol. The first kappa shape index (κ1) is 12.0. The first-order valence-corrected chi connectivity index (χ1v) is 5.71. The molecule has 3 nitrogen and oxygen atoms in total. The van der Waals surface area contributed by atoms with Gasteiger partial charge in [0.25, 0.3) is 0 Å². The Morgan fingerprint density at radius 2 is 2.21 bits per heavy atom. The van der Waals surface area contributed by atoms with Gasteiger partial charge in [0.05, 0.1) is 0 Å². The number of piperidine rings is 1. The van der Waals surface area contributed by atoms with E-state index < -0.39 is 0 Å². The molecule has 0 saturated carbocycles. The Labute approximate surface area is 87.6 Å². The highest BCUT2D eigenvalue weighted by Gasteiger charge is 2.22. The highest BCUT2D eigenvalue weighted by molar-refractivity contribution is 4.79. The lowest BCUT2D eigenvalue weighted by Gasteiger charge is -2.35. The third-order valence-corrected chi connectivity index (χ3v) is 3.13. The van der Waals surface area contributed by atoms with Crippen LogP contribution in [-0.2, 0) is 4.74 Å². The van der Waals surface area contributed by atoms with Crippen LogP contribution in [0, 0.1) is 5.92 Å². The Bertz CT molecular complexity index is 152. The maximum absolute atomic E-state index is 5.97. The van der Waals surface area contributed by atoms with Crippen LogP contribution in [0.15, 0.2) is 0 Å². The normalized spacial score (nSPS) is 29.4. The zero-order valence-electron chi connectivity index (χ0n) is 9.54. The summed E-state index contributed by atoms with van der Waals surface area (Å²) in [6, 6.07) is 0.422. The lowest BCUT2D eigenvalue weighted by atomic mass is 9.95. The van der Waals surface area contributed by atoms with Gasteiger partial charge in [-0.05, 0) is 38.3 Å². The summed E-state index contributed by atoms with van der Waals surface area (Å²) in [5.74, 6) is 0.658. The van der Waals surface area contributed by atoms with Crippen LogP contribution in [0.2, 0.25) is 0 Å². The number of hydrogen-bond acceptors (Lipinski definition) is 3. The molecule has 1 saturated heterocycles. The Balaban J connectivity index is 2.07. The van der Waals surface area contributed by atoms with Gasteiger partial charge in [-0.1, -0.05) is 6.92 Å². The molecule has 2 atom stereocenters. The molecule has 0 aromatic carbocycles. The van der Waals surface area contributed by atoms with E-state index in [2.05, 4.69) is 11.8 Å². The van der Waals surface area contributed by atoms with E-state index in [1.54, 1.807) is 7.11 Å². The topological polar surface area (TPSA) is 38.5 Å². The van der Waals surface area contributed by atoms with Crippen molar-refractivity contribution in [3.63, 3.8) is 0 Å². The van der Waals surface area contributed by atoms with Crippen LogP contribution in [0.1, 0.15) is 26.2 Å². The summed E-state index contributed by atoms with van der Waals surface area (Å²) in [5.41, 5.74) is 5.97. The Morgan fingerprint density at radius 1 is 1.43 bits per heavy atom. The monoisotopic (exact) mass is 200 g/mol. The Hall–Kier alpha value is -0.120. The van der Waals surface area contributed by atoms with Crippen molar-refractivity contribution in [3.8, 4) is 0 Å². The molecule has 0 radical (unpaired) electrons.